The summed E-state index contributed by atoms with van der Waals surface area (Å²) in [5, 5.41) is 9.04. The predicted molar refractivity (Wildman–Crippen MR) is 62.2 cm³/mol. The van der Waals surface area contributed by atoms with Crippen molar-refractivity contribution in [1.29, 1.82) is 5.26 Å². The maximum Gasteiger partial charge on any atom is 0.298 e. The number of benzene rings is 1. The number of alkyl halides is 1. The Morgan fingerprint density at radius 1 is 1.33 bits per heavy atom. The van der Waals surface area contributed by atoms with Crippen molar-refractivity contribution in [2.24, 2.45) is 0 Å². The minimum Gasteiger partial charge on any atom is -0.378 e. The largest absolute Gasteiger partial charge is 0.378 e. The number of nitrogens with zero attached hydrogens (tertiary/aromatic N) is 2. The molecule has 1 amide bonds. The number of hydrogen-bond donors (Lipinski definition) is 0. The number of carbonyl (C=O) groups excluding carboxylic acids is 1. The molecule has 1 atom stereocenters. The SMILES string of the molecule is N#CC(F)(C(=O)N1CCOCC1)c1ccccc1. The van der Waals surface area contributed by atoms with E-state index in [2.05, 4.69) is 0 Å². The van der Waals surface area contributed by atoms with Crippen LogP contribution in [0.1, 0.15) is 5.56 Å². The van der Waals surface area contributed by atoms with E-state index in [9.17, 15) is 9.18 Å². The van der Waals surface area contributed by atoms with Crippen molar-refractivity contribution in [3.05, 3.63) is 35.9 Å². The van der Waals surface area contributed by atoms with Gasteiger partial charge in [-0.15, -0.1) is 0 Å². The Hall–Kier alpha value is -1.93. The van der Waals surface area contributed by atoms with Gasteiger partial charge in [-0.2, -0.15) is 5.26 Å². The summed E-state index contributed by atoms with van der Waals surface area (Å²) in [6.07, 6.45) is 0. The average Bonchev–Trinajstić information content (AvgIpc) is 2.47. The minimum absolute atomic E-state index is 0.0731. The molecule has 18 heavy (non-hydrogen) atoms. The van der Waals surface area contributed by atoms with Gasteiger partial charge in [-0.25, -0.2) is 4.39 Å². The van der Waals surface area contributed by atoms with Crippen molar-refractivity contribution in [3.8, 4) is 6.07 Å². The van der Waals surface area contributed by atoms with E-state index in [0.29, 0.717) is 26.3 Å². The molecule has 5 heteroatoms. The van der Waals surface area contributed by atoms with E-state index >= 15 is 0 Å². The van der Waals surface area contributed by atoms with Gasteiger partial charge in [0.2, 0.25) is 0 Å². The molecule has 1 heterocycles. The Morgan fingerprint density at radius 2 is 1.94 bits per heavy atom. The summed E-state index contributed by atoms with van der Waals surface area (Å²) in [6, 6.07) is 9.30. The lowest BCUT2D eigenvalue weighted by molar-refractivity contribution is -0.145. The highest BCUT2D eigenvalue weighted by Gasteiger charge is 2.44. The molecule has 2 rings (SSSR count). The normalized spacial score (nSPS) is 18.8. The molecule has 1 aromatic rings. The van der Waals surface area contributed by atoms with Crippen molar-refractivity contribution >= 4 is 5.91 Å². The molecule has 94 valence electrons. The quantitative estimate of drug-likeness (QED) is 0.791. The number of hydrogen-bond acceptors (Lipinski definition) is 3. The number of ether oxygens (including phenoxy) is 1. The van der Waals surface area contributed by atoms with Crippen molar-refractivity contribution in [2.45, 2.75) is 5.67 Å². The van der Waals surface area contributed by atoms with Crippen LogP contribution >= 0.6 is 0 Å². The van der Waals surface area contributed by atoms with Crippen LogP contribution < -0.4 is 0 Å². The zero-order valence-corrected chi connectivity index (χ0v) is 9.80. The molecule has 4 nitrogen and oxygen atoms in total. The average molecular weight is 248 g/mol. The van der Waals surface area contributed by atoms with Gasteiger partial charge in [0.25, 0.3) is 11.6 Å². The van der Waals surface area contributed by atoms with Gasteiger partial charge in [-0.3, -0.25) is 4.79 Å². The predicted octanol–water partition coefficient (Wildman–Crippen LogP) is 1.23. The van der Waals surface area contributed by atoms with Crippen LogP contribution in [0, 0.1) is 11.3 Å². The Kier molecular flexibility index (Phi) is 3.58. The van der Waals surface area contributed by atoms with Crippen LogP contribution in [-0.4, -0.2) is 37.1 Å². The van der Waals surface area contributed by atoms with Crippen LogP contribution in [0.15, 0.2) is 30.3 Å². The van der Waals surface area contributed by atoms with Crippen LogP contribution in [-0.2, 0) is 15.2 Å². The van der Waals surface area contributed by atoms with Crippen LogP contribution in [0.3, 0.4) is 0 Å². The number of morpholine rings is 1. The molecule has 1 aliphatic heterocycles. The van der Waals surface area contributed by atoms with E-state index in [-0.39, 0.29) is 5.56 Å². The highest BCUT2D eigenvalue weighted by Crippen LogP contribution is 2.28. The Balaban J connectivity index is 2.27. The fraction of sp³-hybridized carbons (Fsp3) is 0.385. The van der Waals surface area contributed by atoms with E-state index < -0.39 is 11.6 Å². The van der Waals surface area contributed by atoms with Gasteiger partial charge >= 0.3 is 0 Å². The van der Waals surface area contributed by atoms with Gasteiger partial charge in [0.1, 0.15) is 6.07 Å². The lowest BCUT2D eigenvalue weighted by Crippen LogP contribution is -2.48. The van der Waals surface area contributed by atoms with E-state index in [1.54, 1.807) is 18.2 Å². The van der Waals surface area contributed by atoms with Crippen molar-refractivity contribution in [3.63, 3.8) is 0 Å². The first-order chi connectivity index (χ1) is 8.68. The molecule has 1 fully saturated rings. The maximum absolute atomic E-state index is 14.6. The van der Waals surface area contributed by atoms with E-state index in [1.165, 1.54) is 23.1 Å². The van der Waals surface area contributed by atoms with Crippen LogP contribution in [0.25, 0.3) is 0 Å². The van der Waals surface area contributed by atoms with Gasteiger partial charge in [0, 0.05) is 18.7 Å². The minimum atomic E-state index is -2.61. The van der Waals surface area contributed by atoms with E-state index in [1.807, 2.05) is 0 Å². The lowest BCUT2D eigenvalue weighted by Gasteiger charge is -2.30. The fourth-order valence-electron chi connectivity index (χ4n) is 1.89. The first kappa shape index (κ1) is 12.5. The summed E-state index contributed by atoms with van der Waals surface area (Å²) in [4.78, 5) is 13.5. The molecular formula is C13H13FN2O2. The molecular weight excluding hydrogens is 235 g/mol. The summed E-state index contributed by atoms with van der Waals surface area (Å²) in [5.74, 6) is -0.806. The molecule has 0 bridgehead atoms. The first-order valence-corrected chi connectivity index (χ1v) is 5.71. The summed E-state index contributed by atoms with van der Waals surface area (Å²) in [7, 11) is 0. The highest BCUT2D eigenvalue weighted by molar-refractivity contribution is 5.89. The number of halogens is 1. The maximum atomic E-state index is 14.6. The number of amides is 1. The third-order valence-electron chi connectivity index (χ3n) is 2.92. The van der Waals surface area contributed by atoms with Gasteiger partial charge in [0.05, 0.1) is 13.2 Å². The molecule has 0 aliphatic carbocycles. The third-order valence-corrected chi connectivity index (χ3v) is 2.92. The lowest BCUT2D eigenvalue weighted by atomic mass is 9.95. The van der Waals surface area contributed by atoms with Crippen LogP contribution in [0.2, 0.25) is 0 Å². The summed E-state index contributed by atoms with van der Waals surface area (Å²) < 4.78 is 19.7. The molecule has 0 spiro atoms. The molecule has 0 saturated carbocycles. The van der Waals surface area contributed by atoms with Crippen molar-refractivity contribution < 1.29 is 13.9 Å². The Labute approximate surface area is 105 Å². The number of rotatable bonds is 2. The third kappa shape index (κ3) is 2.20. The topological polar surface area (TPSA) is 53.3 Å². The van der Waals surface area contributed by atoms with Crippen LogP contribution in [0.5, 0.6) is 0 Å². The molecule has 1 aromatic carbocycles. The second kappa shape index (κ2) is 5.15. The second-order valence-electron chi connectivity index (χ2n) is 4.04. The smallest absolute Gasteiger partial charge is 0.298 e. The standard InChI is InChI=1S/C13H13FN2O2/c14-13(10-15,11-4-2-1-3-5-11)12(17)16-6-8-18-9-7-16/h1-5H,6-9H2. The zero-order chi connectivity index (χ0) is 13.0. The summed E-state index contributed by atoms with van der Waals surface area (Å²) in [6.45, 7) is 1.39. The first-order valence-electron chi connectivity index (χ1n) is 5.71. The number of carbonyl (C=O) groups is 1. The van der Waals surface area contributed by atoms with Crippen LogP contribution in [0.4, 0.5) is 4.39 Å². The highest BCUT2D eigenvalue weighted by atomic mass is 19.1. The number of nitriles is 1. The monoisotopic (exact) mass is 248 g/mol. The summed E-state index contributed by atoms with van der Waals surface area (Å²) in [5.41, 5.74) is -2.54. The van der Waals surface area contributed by atoms with E-state index in [4.69, 9.17) is 10.00 Å². The van der Waals surface area contributed by atoms with E-state index in [0.717, 1.165) is 0 Å². The molecule has 1 saturated heterocycles. The van der Waals surface area contributed by atoms with Gasteiger partial charge in [-0.05, 0) is 0 Å². The summed E-state index contributed by atoms with van der Waals surface area (Å²) >= 11 is 0. The van der Waals surface area contributed by atoms with Crippen molar-refractivity contribution in [2.75, 3.05) is 26.3 Å². The second-order valence-corrected chi connectivity index (χ2v) is 4.04. The Morgan fingerprint density at radius 3 is 2.50 bits per heavy atom. The van der Waals surface area contributed by atoms with Gasteiger partial charge < -0.3 is 9.64 Å². The molecule has 0 N–H and O–H groups in total. The fourth-order valence-corrected chi connectivity index (χ4v) is 1.89. The molecule has 0 aromatic heterocycles. The molecule has 1 aliphatic rings. The zero-order valence-electron chi connectivity index (χ0n) is 9.80. The van der Waals surface area contributed by atoms with Gasteiger partial charge in [-0.1, -0.05) is 30.3 Å². The Bertz CT molecular complexity index is 466. The van der Waals surface area contributed by atoms with Crippen molar-refractivity contribution in [1.82, 2.24) is 4.90 Å². The molecule has 0 radical (unpaired) electrons. The molecule has 1 unspecified atom stereocenters. The van der Waals surface area contributed by atoms with Gasteiger partial charge in [0.15, 0.2) is 0 Å².